The number of hydrogen-bond acceptors (Lipinski definition) is 9. The summed E-state index contributed by atoms with van der Waals surface area (Å²) in [7, 11) is 0. The van der Waals surface area contributed by atoms with Crippen molar-refractivity contribution in [2.45, 2.75) is 57.6 Å². The lowest BCUT2D eigenvalue weighted by atomic mass is 9.80. The van der Waals surface area contributed by atoms with Crippen LogP contribution in [0, 0.1) is 11.6 Å². The highest BCUT2D eigenvalue weighted by atomic mass is 19.2. The monoisotopic (exact) mass is 635 g/mol. The summed E-state index contributed by atoms with van der Waals surface area (Å²) in [4.78, 5) is 65.8. The van der Waals surface area contributed by atoms with E-state index in [9.17, 15) is 37.9 Å². The van der Waals surface area contributed by atoms with Crippen LogP contribution in [-0.4, -0.2) is 106 Å². The van der Waals surface area contributed by atoms with Crippen LogP contribution in [0.2, 0.25) is 0 Å². The summed E-state index contributed by atoms with van der Waals surface area (Å²) in [6.07, 6.45) is 0.0990. The van der Waals surface area contributed by atoms with Crippen molar-refractivity contribution in [1.29, 1.82) is 0 Å². The summed E-state index contributed by atoms with van der Waals surface area (Å²) in [6.45, 7) is 4.26. The third-order valence-electron chi connectivity index (χ3n) is 7.53. The van der Waals surface area contributed by atoms with Gasteiger partial charge in [0.2, 0.25) is 17.4 Å². The molecule has 244 valence electrons. The van der Waals surface area contributed by atoms with E-state index >= 15 is 0 Å². The van der Waals surface area contributed by atoms with Gasteiger partial charge in [-0.05, 0) is 51.7 Å². The number of carboxylic acids is 1. The van der Waals surface area contributed by atoms with Gasteiger partial charge in [0, 0.05) is 44.7 Å². The highest BCUT2D eigenvalue weighted by Crippen LogP contribution is 2.39. The molecule has 2 heterocycles. The van der Waals surface area contributed by atoms with Crippen molar-refractivity contribution in [2.24, 2.45) is 0 Å². The summed E-state index contributed by atoms with van der Waals surface area (Å²) in [5.74, 6) is -5.68. The molecule has 1 aliphatic carbocycles. The van der Waals surface area contributed by atoms with E-state index in [1.807, 2.05) is 0 Å². The molecular weight excluding hydrogens is 600 g/mol. The topological polar surface area (TPSA) is 170 Å². The Bertz CT molecular complexity index is 1440. The van der Waals surface area contributed by atoms with E-state index in [1.54, 1.807) is 13.8 Å². The second-order valence-electron chi connectivity index (χ2n) is 10.5. The molecule has 2 aliphatic rings. The summed E-state index contributed by atoms with van der Waals surface area (Å²) in [5.41, 5.74) is -1.68. The molecule has 0 bridgehead atoms. The van der Waals surface area contributed by atoms with Crippen molar-refractivity contribution >= 4 is 29.8 Å². The van der Waals surface area contributed by atoms with Crippen molar-refractivity contribution in [3.8, 4) is 11.6 Å². The molecule has 1 aliphatic heterocycles. The molecule has 2 N–H and O–H groups in total. The fourth-order valence-electron chi connectivity index (χ4n) is 4.96. The quantitative estimate of drug-likeness (QED) is 0.330. The Labute approximate surface area is 257 Å². The van der Waals surface area contributed by atoms with Gasteiger partial charge >= 0.3 is 18.0 Å². The van der Waals surface area contributed by atoms with Gasteiger partial charge in [0.05, 0.1) is 18.9 Å². The molecule has 2 aromatic rings. The van der Waals surface area contributed by atoms with Gasteiger partial charge in [0.25, 0.3) is 5.91 Å². The van der Waals surface area contributed by atoms with E-state index in [-0.39, 0.29) is 63.1 Å². The fourth-order valence-corrected chi connectivity index (χ4v) is 4.96. The average molecular weight is 636 g/mol. The molecule has 45 heavy (non-hydrogen) atoms. The van der Waals surface area contributed by atoms with Crippen molar-refractivity contribution in [3.63, 3.8) is 0 Å². The zero-order valence-corrected chi connectivity index (χ0v) is 24.9. The van der Waals surface area contributed by atoms with E-state index in [0.717, 1.165) is 16.8 Å². The molecule has 3 amide bonds. The lowest BCUT2D eigenvalue weighted by Gasteiger charge is -2.38. The predicted molar refractivity (Wildman–Crippen MR) is 151 cm³/mol. The highest BCUT2D eigenvalue weighted by molar-refractivity contribution is 5.96. The van der Waals surface area contributed by atoms with Crippen LogP contribution in [-0.2, 0) is 23.9 Å². The van der Waals surface area contributed by atoms with Gasteiger partial charge in [-0.25, -0.2) is 23.1 Å². The van der Waals surface area contributed by atoms with Gasteiger partial charge < -0.3 is 34.4 Å². The molecule has 1 aromatic heterocycles. The van der Waals surface area contributed by atoms with Crippen LogP contribution in [0.15, 0.2) is 24.3 Å². The first-order valence-electron chi connectivity index (χ1n) is 14.6. The van der Waals surface area contributed by atoms with E-state index < -0.39 is 59.5 Å². The number of nitrogens with zero attached hydrogens (tertiary/aromatic N) is 4. The van der Waals surface area contributed by atoms with Crippen LogP contribution in [0.25, 0.3) is 5.69 Å². The minimum atomic E-state index is -1.37. The maximum absolute atomic E-state index is 14.2. The number of carbonyl (C=O) groups excluding carboxylic acids is 4. The molecule has 2 fully saturated rings. The Kier molecular flexibility index (Phi) is 10.6. The molecule has 1 saturated heterocycles. The van der Waals surface area contributed by atoms with Crippen LogP contribution < -0.4 is 10.1 Å². The number of ether oxygens (including phenoxy) is 3. The standard InChI is InChI=1S/C29H35F2N5O9/c1-3-43-27(41)29(10-5-11-29)45-23-17-22(33-36(23)18-6-7-19(30)20(31)16-18)25(39)32-21(8-9-24(37)38)26(40)34-12-14-35(15-13-34)28(42)44-4-2/h6-7,16-17,21H,3-5,8-15H2,1-2H3,(H,32,39)(H,37,38). The van der Waals surface area contributed by atoms with Gasteiger partial charge in [-0.1, -0.05) is 0 Å². The number of nitrogens with one attached hydrogen (secondary N) is 1. The second-order valence-corrected chi connectivity index (χ2v) is 10.5. The molecule has 0 spiro atoms. The summed E-state index contributed by atoms with van der Waals surface area (Å²) in [5, 5.41) is 16.0. The first-order valence-corrected chi connectivity index (χ1v) is 14.6. The van der Waals surface area contributed by atoms with E-state index in [4.69, 9.17) is 14.2 Å². The Morgan fingerprint density at radius 1 is 0.978 bits per heavy atom. The minimum Gasteiger partial charge on any atom is -0.481 e. The summed E-state index contributed by atoms with van der Waals surface area (Å²) in [6, 6.07) is 2.82. The first-order chi connectivity index (χ1) is 21.5. The number of halogens is 2. The number of carbonyl (C=O) groups is 5. The van der Waals surface area contributed by atoms with Gasteiger partial charge in [-0.2, -0.15) is 5.10 Å². The second kappa shape index (κ2) is 14.3. The number of benzene rings is 1. The van der Waals surface area contributed by atoms with Crippen molar-refractivity contribution < 1.29 is 52.1 Å². The summed E-state index contributed by atoms with van der Waals surface area (Å²) >= 11 is 0. The normalized spacial score (nSPS) is 16.3. The SMILES string of the molecule is CCOC(=O)N1CCN(C(=O)C(CCC(=O)O)NC(=O)c2cc(OC3(C(=O)OCC)CCC3)n(-c3ccc(F)c(F)c3)n2)CC1. The largest absolute Gasteiger partial charge is 0.481 e. The van der Waals surface area contributed by atoms with E-state index in [1.165, 1.54) is 21.9 Å². The smallest absolute Gasteiger partial charge is 0.409 e. The third kappa shape index (κ3) is 7.67. The molecule has 14 nitrogen and oxygen atoms in total. The lowest BCUT2D eigenvalue weighted by Crippen LogP contribution is -2.56. The maximum Gasteiger partial charge on any atom is 0.409 e. The fraction of sp³-hybridized carbons (Fsp3) is 0.517. The number of hydrogen-bond donors (Lipinski definition) is 2. The molecule has 1 unspecified atom stereocenters. The number of carboxylic acid groups (broad SMARTS) is 1. The molecular formula is C29H35F2N5O9. The Morgan fingerprint density at radius 2 is 1.64 bits per heavy atom. The Morgan fingerprint density at radius 3 is 2.22 bits per heavy atom. The van der Waals surface area contributed by atoms with Gasteiger partial charge in [0.1, 0.15) is 6.04 Å². The molecule has 1 atom stereocenters. The van der Waals surface area contributed by atoms with Crippen molar-refractivity contribution in [2.75, 3.05) is 39.4 Å². The zero-order valence-electron chi connectivity index (χ0n) is 24.9. The predicted octanol–water partition coefficient (Wildman–Crippen LogP) is 2.28. The molecule has 1 aromatic carbocycles. The molecule has 1 saturated carbocycles. The Hall–Kier alpha value is -4.76. The van der Waals surface area contributed by atoms with Crippen LogP contribution in [0.3, 0.4) is 0 Å². The van der Waals surface area contributed by atoms with Crippen LogP contribution >= 0.6 is 0 Å². The van der Waals surface area contributed by atoms with Crippen molar-refractivity contribution in [3.05, 3.63) is 41.6 Å². The average Bonchev–Trinajstić information content (AvgIpc) is 3.42. The number of amides is 3. The van der Waals surface area contributed by atoms with E-state index in [0.29, 0.717) is 19.3 Å². The number of rotatable bonds is 12. The number of esters is 1. The van der Waals surface area contributed by atoms with Gasteiger partial charge in [-0.3, -0.25) is 14.4 Å². The maximum atomic E-state index is 14.2. The van der Waals surface area contributed by atoms with Gasteiger partial charge in [0.15, 0.2) is 17.3 Å². The molecule has 0 radical (unpaired) electrons. The highest BCUT2D eigenvalue weighted by Gasteiger charge is 2.49. The Balaban J connectivity index is 1.58. The third-order valence-corrected chi connectivity index (χ3v) is 7.53. The number of piperazine rings is 1. The van der Waals surface area contributed by atoms with E-state index in [2.05, 4.69) is 10.4 Å². The molecule has 16 heteroatoms. The zero-order chi connectivity index (χ0) is 32.7. The van der Waals surface area contributed by atoms with Crippen LogP contribution in [0.4, 0.5) is 13.6 Å². The molecule has 4 rings (SSSR count). The minimum absolute atomic E-state index is 0.0146. The van der Waals surface area contributed by atoms with Crippen LogP contribution in [0.5, 0.6) is 5.88 Å². The number of aromatic nitrogens is 2. The summed E-state index contributed by atoms with van der Waals surface area (Å²) < 4.78 is 45.1. The number of aliphatic carboxylic acids is 1. The van der Waals surface area contributed by atoms with Crippen LogP contribution in [0.1, 0.15) is 56.4 Å². The first kappa shape index (κ1) is 33.1. The lowest BCUT2D eigenvalue weighted by molar-refractivity contribution is -0.170. The van der Waals surface area contributed by atoms with Gasteiger partial charge in [-0.15, -0.1) is 0 Å². The van der Waals surface area contributed by atoms with Crippen molar-refractivity contribution in [1.82, 2.24) is 24.9 Å².